The molecular formula is C24H16ClNO3S3. The Bertz CT molecular complexity index is 1480. The SMILES string of the molecule is CCOC(=O)c1c(-c2ccccc2Cl)csc1NC(=O)c1cc2sc3ccccc3c2s1. The number of hydrogen-bond acceptors (Lipinski definition) is 6. The van der Waals surface area contributed by atoms with E-state index in [0.717, 1.165) is 20.3 Å². The Morgan fingerprint density at radius 1 is 1.00 bits per heavy atom. The summed E-state index contributed by atoms with van der Waals surface area (Å²) in [7, 11) is 0. The number of thiophene rings is 3. The number of carbonyl (C=O) groups is 2. The number of hydrogen-bond donors (Lipinski definition) is 1. The van der Waals surface area contributed by atoms with Crippen molar-refractivity contribution in [2.45, 2.75) is 6.92 Å². The third kappa shape index (κ3) is 3.71. The molecule has 1 N–H and O–H groups in total. The Morgan fingerprint density at radius 3 is 2.59 bits per heavy atom. The van der Waals surface area contributed by atoms with Gasteiger partial charge in [-0.3, -0.25) is 4.79 Å². The van der Waals surface area contributed by atoms with E-state index in [1.165, 1.54) is 27.4 Å². The number of amides is 1. The second-order valence-corrected chi connectivity index (χ2v) is 10.3. The zero-order valence-electron chi connectivity index (χ0n) is 16.8. The van der Waals surface area contributed by atoms with E-state index >= 15 is 0 Å². The second-order valence-electron chi connectivity index (χ2n) is 6.91. The standard InChI is InChI=1S/C24H16ClNO3S3/c1-2-29-24(28)20-15(13-7-3-5-9-16(13)25)12-30-23(20)26-22(27)19-11-18-21(32-19)14-8-4-6-10-17(14)31-18/h3-12H,2H2,1H3,(H,26,27). The molecule has 0 saturated heterocycles. The van der Waals surface area contributed by atoms with Crippen LogP contribution in [-0.4, -0.2) is 18.5 Å². The van der Waals surface area contributed by atoms with Gasteiger partial charge in [-0.1, -0.05) is 48.0 Å². The largest absolute Gasteiger partial charge is 0.462 e. The van der Waals surface area contributed by atoms with Crippen LogP contribution in [0, 0.1) is 0 Å². The highest BCUT2D eigenvalue weighted by Gasteiger charge is 2.25. The first kappa shape index (κ1) is 21.2. The molecule has 160 valence electrons. The van der Waals surface area contributed by atoms with Crippen molar-refractivity contribution < 1.29 is 14.3 Å². The van der Waals surface area contributed by atoms with Gasteiger partial charge in [0.05, 0.1) is 16.2 Å². The summed E-state index contributed by atoms with van der Waals surface area (Å²) in [6.45, 7) is 1.98. The number of benzene rings is 2. The number of ether oxygens (including phenoxy) is 1. The molecule has 0 aliphatic rings. The minimum atomic E-state index is -0.489. The molecule has 0 bridgehead atoms. The zero-order valence-corrected chi connectivity index (χ0v) is 20.0. The van der Waals surface area contributed by atoms with Crippen molar-refractivity contribution in [1.82, 2.24) is 0 Å². The van der Waals surface area contributed by atoms with Crippen LogP contribution >= 0.6 is 45.6 Å². The minimum Gasteiger partial charge on any atom is -0.462 e. The number of nitrogens with one attached hydrogen (secondary N) is 1. The van der Waals surface area contributed by atoms with Crippen molar-refractivity contribution in [3.8, 4) is 11.1 Å². The molecule has 3 aromatic heterocycles. The molecule has 0 atom stereocenters. The topological polar surface area (TPSA) is 55.4 Å². The Labute approximate surface area is 201 Å². The summed E-state index contributed by atoms with van der Waals surface area (Å²) in [5.41, 5.74) is 1.69. The van der Waals surface area contributed by atoms with Crippen LogP contribution in [0.3, 0.4) is 0 Å². The van der Waals surface area contributed by atoms with Crippen molar-refractivity contribution >= 4 is 82.0 Å². The lowest BCUT2D eigenvalue weighted by Crippen LogP contribution is -2.13. The molecule has 8 heteroatoms. The van der Waals surface area contributed by atoms with Crippen molar-refractivity contribution in [2.75, 3.05) is 11.9 Å². The summed E-state index contributed by atoms with van der Waals surface area (Å²) in [5.74, 6) is -0.738. The van der Waals surface area contributed by atoms with E-state index in [-0.39, 0.29) is 12.5 Å². The molecule has 0 fully saturated rings. The normalized spacial score (nSPS) is 11.2. The molecule has 0 aliphatic carbocycles. The molecular weight excluding hydrogens is 482 g/mol. The van der Waals surface area contributed by atoms with Crippen LogP contribution in [-0.2, 0) is 4.74 Å². The van der Waals surface area contributed by atoms with Gasteiger partial charge in [0.25, 0.3) is 5.91 Å². The fraction of sp³-hybridized carbons (Fsp3) is 0.0833. The van der Waals surface area contributed by atoms with E-state index in [9.17, 15) is 9.59 Å². The number of fused-ring (bicyclic) bond motifs is 3. The second kappa shape index (κ2) is 8.67. The average Bonchev–Trinajstić information content (AvgIpc) is 3.47. The third-order valence-corrected chi connectivity index (χ3v) is 8.57. The van der Waals surface area contributed by atoms with Crippen LogP contribution in [0.5, 0.6) is 0 Å². The van der Waals surface area contributed by atoms with Crippen LogP contribution in [0.1, 0.15) is 27.0 Å². The predicted molar refractivity (Wildman–Crippen MR) is 136 cm³/mol. The van der Waals surface area contributed by atoms with Gasteiger partial charge in [-0.2, -0.15) is 0 Å². The van der Waals surface area contributed by atoms with E-state index in [2.05, 4.69) is 17.4 Å². The smallest absolute Gasteiger partial charge is 0.341 e. The lowest BCUT2D eigenvalue weighted by molar-refractivity contribution is 0.0529. The average molecular weight is 498 g/mol. The molecule has 3 heterocycles. The highest BCUT2D eigenvalue weighted by molar-refractivity contribution is 7.33. The Hall–Kier alpha value is -2.71. The molecule has 5 aromatic rings. The quantitative estimate of drug-likeness (QED) is 0.251. The van der Waals surface area contributed by atoms with Gasteiger partial charge in [-0.05, 0) is 25.1 Å². The first-order valence-electron chi connectivity index (χ1n) is 9.82. The number of halogens is 1. The molecule has 0 aliphatic heterocycles. The molecule has 5 rings (SSSR count). The molecule has 4 nitrogen and oxygen atoms in total. The van der Waals surface area contributed by atoms with Gasteiger partial charge in [-0.15, -0.1) is 34.0 Å². The van der Waals surface area contributed by atoms with E-state index in [1.807, 2.05) is 41.8 Å². The van der Waals surface area contributed by atoms with Gasteiger partial charge in [0.2, 0.25) is 0 Å². The molecule has 0 radical (unpaired) electrons. The van der Waals surface area contributed by atoms with Crippen molar-refractivity contribution in [1.29, 1.82) is 0 Å². The summed E-state index contributed by atoms with van der Waals surface area (Å²) >= 11 is 10.8. The van der Waals surface area contributed by atoms with Gasteiger partial charge >= 0.3 is 5.97 Å². The van der Waals surface area contributed by atoms with Gasteiger partial charge in [0.1, 0.15) is 10.6 Å². The molecule has 0 spiro atoms. The summed E-state index contributed by atoms with van der Waals surface area (Å²) in [6, 6.07) is 17.4. The highest BCUT2D eigenvalue weighted by Crippen LogP contribution is 2.41. The fourth-order valence-corrected chi connectivity index (χ4v) is 7.11. The van der Waals surface area contributed by atoms with Gasteiger partial charge in [0, 0.05) is 36.3 Å². The van der Waals surface area contributed by atoms with Crippen molar-refractivity contribution in [3.05, 3.63) is 75.4 Å². The monoisotopic (exact) mass is 497 g/mol. The van der Waals surface area contributed by atoms with Crippen LogP contribution < -0.4 is 5.32 Å². The fourth-order valence-electron chi connectivity index (χ4n) is 3.51. The first-order valence-corrected chi connectivity index (χ1v) is 12.7. The highest BCUT2D eigenvalue weighted by atomic mass is 35.5. The molecule has 32 heavy (non-hydrogen) atoms. The van der Waals surface area contributed by atoms with E-state index < -0.39 is 5.97 Å². The number of rotatable bonds is 5. The minimum absolute atomic E-state index is 0.234. The van der Waals surface area contributed by atoms with Crippen LogP contribution in [0.4, 0.5) is 5.00 Å². The van der Waals surface area contributed by atoms with Gasteiger partial charge < -0.3 is 10.1 Å². The van der Waals surface area contributed by atoms with Gasteiger partial charge in [0.15, 0.2) is 0 Å². The maximum atomic E-state index is 13.1. The zero-order chi connectivity index (χ0) is 22.2. The molecule has 0 saturated carbocycles. The van der Waals surface area contributed by atoms with Crippen molar-refractivity contribution in [2.24, 2.45) is 0 Å². The molecule has 1 amide bonds. The summed E-state index contributed by atoms with van der Waals surface area (Å²) < 4.78 is 8.66. The number of esters is 1. The Morgan fingerprint density at radius 2 is 1.78 bits per heavy atom. The van der Waals surface area contributed by atoms with Crippen LogP contribution in [0.15, 0.2) is 60.0 Å². The third-order valence-electron chi connectivity index (χ3n) is 4.94. The summed E-state index contributed by atoms with van der Waals surface area (Å²) in [6.07, 6.45) is 0. The van der Waals surface area contributed by atoms with Crippen LogP contribution in [0.2, 0.25) is 5.02 Å². The Kier molecular flexibility index (Phi) is 5.73. The summed E-state index contributed by atoms with van der Waals surface area (Å²) in [5, 5.41) is 6.88. The first-order chi connectivity index (χ1) is 15.6. The van der Waals surface area contributed by atoms with Gasteiger partial charge in [-0.25, -0.2) is 4.79 Å². The lowest BCUT2D eigenvalue weighted by Gasteiger charge is -2.09. The number of anilines is 1. The molecule has 2 aromatic carbocycles. The van der Waals surface area contributed by atoms with E-state index in [1.54, 1.807) is 24.3 Å². The maximum Gasteiger partial charge on any atom is 0.341 e. The molecule has 0 unspecified atom stereocenters. The lowest BCUT2D eigenvalue weighted by atomic mass is 10.0. The van der Waals surface area contributed by atoms with Crippen LogP contribution in [0.25, 0.3) is 30.6 Å². The van der Waals surface area contributed by atoms with Crippen molar-refractivity contribution in [3.63, 3.8) is 0 Å². The van der Waals surface area contributed by atoms with E-state index in [4.69, 9.17) is 16.3 Å². The maximum absolute atomic E-state index is 13.1. The van der Waals surface area contributed by atoms with E-state index in [0.29, 0.717) is 26.0 Å². The predicted octanol–water partition coefficient (Wildman–Crippen LogP) is 7.93. The Balaban J connectivity index is 1.52. The number of carbonyl (C=O) groups excluding carboxylic acids is 2. The summed E-state index contributed by atoms with van der Waals surface area (Å²) in [4.78, 5) is 26.5.